The molecule has 0 saturated carbocycles. The van der Waals surface area contributed by atoms with Crippen LogP contribution in [0.3, 0.4) is 0 Å². The van der Waals surface area contributed by atoms with Gasteiger partial charge in [0.1, 0.15) is 0 Å². The third-order valence-corrected chi connectivity index (χ3v) is 24.1. The van der Waals surface area contributed by atoms with Crippen molar-refractivity contribution in [2.45, 2.75) is 27.7 Å². The Morgan fingerprint density at radius 3 is 0.828 bits per heavy atom. The molecule has 0 aliphatic carbocycles. The topological polar surface area (TPSA) is 0 Å². The van der Waals surface area contributed by atoms with Gasteiger partial charge in [0.25, 0.3) is 0 Å². The molecule has 0 radical (unpaired) electrons. The summed E-state index contributed by atoms with van der Waals surface area (Å²) in [7, 11) is 0. The Balaban J connectivity index is 2.19. The van der Waals surface area contributed by atoms with Crippen molar-refractivity contribution in [2.24, 2.45) is 0 Å². The molecule has 144 valence electrons. The SMILES string of the molecule is Cc1ccc[c]([Pb]([c]2cccc(C)c2)([c]2cccc(C)c2)[c]2cccc(C)c2)c1. The molecule has 29 heavy (non-hydrogen) atoms. The van der Waals surface area contributed by atoms with E-state index in [0.717, 1.165) is 0 Å². The first-order valence-electron chi connectivity index (χ1n) is 10.3. The standard InChI is InChI=1S/4C7H7.Pb/c4*1-7-5-3-2-4-6-7;/h4*2-3,5-6H,1H3;. The third-order valence-electron chi connectivity index (χ3n) is 5.80. The summed E-state index contributed by atoms with van der Waals surface area (Å²) in [5.74, 6) is 0. The summed E-state index contributed by atoms with van der Waals surface area (Å²) in [4.78, 5) is 0. The van der Waals surface area contributed by atoms with Crippen LogP contribution in [0.4, 0.5) is 0 Å². The van der Waals surface area contributed by atoms with Crippen LogP contribution in [0.5, 0.6) is 0 Å². The Morgan fingerprint density at radius 1 is 0.379 bits per heavy atom. The molecule has 4 aromatic carbocycles. The second-order valence-electron chi connectivity index (χ2n) is 8.23. The first-order valence-corrected chi connectivity index (χ1v) is 18.1. The van der Waals surface area contributed by atoms with Gasteiger partial charge < -0.3 is 0 Å². The van der Waals surface area contributed by atoms with Crippen LogP contribution >= 0.6 is 0 Å². The Morgan fingerprint density at radius 2 is 0.621 bits per heavy atom. The van der Waals surface area contributed by atoms with Crippen molar-refractivity contribution in [3.05, 3.63) is 119 Å². The van der Waals surface area contributed by atoms with E-state index >= 15 is 0 Å². The summed E-state index contributed by atoms with van der Waals surface area (Å²) in [6.45, 7) is 8.85. The van der Waals surface area contributed by atoms with E-state index < -0.39 is 21.2 Å². The van der Waals surface area contributed by atoms with Crippen molar-refractivity contribution in [1.29, 1.82) is 0 Å². The minimum atomic E-state index is -3.66. The average Bonchev–Trinajstić information content (AvgIpc) is 2.69. The molecule has 0 spiro atoms. The van der Waals surface area contributed by atoms with Crippen LogP contribution in [0, 0.1) is 27.7 Å². The van der Waals surface area contributed by atoms with Gasteiger partial charge in [-0.3, -0.25) is 0 Å². The summed E-state index contributed by atoms with van der Waals surface area (Å²) in [6, 6.07) is 37.1. The number of rotatable bonds is 4. The van der Waals surface area contributed by atoms with E-state index in [1.165, 1.54) is 34.7 Å². The molecule has 0 unspecified atom stereocenters. The predicted octanol–water partition coefficient (Wildman–Crippen LogP) is 4.30. The monoisotopic (exact) mass is 572 g/mol. The molecule has 0 amide bonds. The zero-order chi connectivity index (χ0) is 20.4. The molecule has 0 bridgehead atoms. The Kier molecular flexibility index (Phi) is 5.73. The minimum absolute atomic E-state index is 1.33. The normalized spacial score (nSPS) is 11.4. The first-order chi connectivity index (χ1) is 14.0. The molecule has 0 N–H and O–H groups in total. The first kappa shape index (κ1) is 20.1. The van der Waals surface area contributed by atoms with Crippen molar-refractivity contribution in [2.75, 3.05) is 0 Å². The molecule has 0 atom stereocenters. The van der Waals surface area contributed by atoms with Crippen LogP contribution < -0.4 is 12.5 Å². The van der Waals surface area contributed by atoms with Crippen LogP contribution in [0.1, 0.15) is 22.3 Å². The molecule has 4 rings (SSSR count). The van der Waals surface area contributed by atoms with Gasteiger partial charge in [0.2, 0.25) is 0 Å². The summed E-state index contributed by atoms with van der Waals surface area (Å²) in [5, 5.41) is 0. The summed E-state index contributed by atoms with van der Waals surface area (Å²) in [5.41, 5.74) is 5.33. The van der Waals surface area contributed by atoms with Crippen LogP contribution in [-0.4, -0.2) is 21.2 Å². The maximum atomic E-state index is 2.44. The van der Waals surface area contributed by atoms with Crippen LogP contribution in [0.15, 0.2) is 97.1 Å². The van der Waals surface area contributed by atoms with Crippen LogP contribution in [0.2, 0.25) is 0 Å². The fourth-order valence-electron chi connectivity index (χ4n) is 4.51. The summed E-state index contributed by atoms with van der Waals surface area (Å²) >= 11 is -3.66. The van der Waals surface area contributed by atoms with E-state index in [2.05, 4.69) is 125 Å². The van der Waals surface area contributed by atoms with Gasteiger partial charge in [0, 0.05) is 0 Å². The van der Waals surface area contributed by atoms with E-state index in [0.29, 0.717) is 0 Å². The fraction of sp³-hybridized carbons (Fsp3) is 0.143. The van der Waals surface area contributed by atoms with E-state index in [1.54, 1.807) is 0 Å². The van der Waals surface area contributed by atoms with Crippen molar-refractivity contribution in [3.63, 3.8) is 0 Å². The number of hydrogen-bond donors (Lipinski definition) is 0. The molecule has 0 aromatic heterocycles. The number of hydrogen-bond acceptors (Lipinski definition) is 0. The van der Waals surface area contributed by atoms with E-state index in [9.17, 15) is 0 Å². The number of benzene rings is 4. The van der Waals surface area contributed by atoms with Crippen LogP contribution in [-0.2, 0) is 0 Å². The Bertz CT molecular complexity index is 969. The fourth-order valence-corrected chi connectivity index (χ4v) is 24.6. The zero-order valence-corrected chi connectivity index (χ0v) is 21.6. The van der Waals surface area contributed by atoms with Gasteiger partial charge in [-0.15, -0.1) is 0 Å². The Labute approximate surface area is 179 Å². The van der Waals surface area contributed by atoms with Gasteiger partial charge in [-0.05, 0) is 0 Å². The van der Waals surface area contributed by atoms with Crippen LogP contribution in [0.25, 0.3) is 0 Å². The molecule has 0 saturated heterocycles. The summed E-state index contributed by atoms with van der Waals surface area (Å²) in [6.07, 6.45) is 0. The van der Waals surface area contributed by atoms with Gasteiger partial charge in [0.05, 0.1) is 0 Å². The molecular formula is C28H28Pb. The van der Waals surface area contributed by atoms with Gasteiger partial charge >= 0.3 is 181 Å². The Hall–Kier alpha value is -2.20. The van der Waals surface area contributed by atoms with Crippen molar-refractivity contribution < 1.29 is 0 Å². The van der Waals surface area contributed by atoms with Gasteiger partial charge in [0.15, 0.2) is 0 Å². The van der Waals surface area contributed by atoms with Gasteiger partial charge in [-0.1, -0.05) is 0 Å². The van der Waals surface area contributed by atoms with Crippen molar-refractivity contribution >= 4 is 33.7 Å². The summed E-state index contributed by atoms with van der Waals surface area (Å²) < 4.78 is 6.11. The van der Waals surface area contributed by atoms with E-state index in [4.69, 9.17) is 0 Å². The molecule has 0 fully saturated rings. The van der Waals surface area contributed by atoms with Crippen molar-refractivity contribution in [1.82, 2.24) is 0 Å². The van der Waals surface area contributed by atoms with Gasteiger partial charge in [-0.2, -0.15) is 0 Å². The molecule has 1 heteroatoms. The molecule has 0 heterocycles. The third kappa shape index (κ3) is 3.83. The van der Waals surface area contributed by atoms with Crippen molar-refractivity contribution in [3.8, 4) is 0 Å². The maximum absolute atomic E-state index is 3.66. The zero-order valence-electron chi connectivity index (χ0n) is 17.7. The quantitative estimate of drug-likeness (QED) is 0.321. The van der Waals surface area contributed by atoms with Gasteiger partial charge in [-0.25, -0.2) is 0 Å². The average molecular weight is 572 g/mol. The predicted molar refractivity (Wildman–Crippen MR) is 129 cm³/mol. The molecule has 0 aliphatic heterocycles. The van der Waals surface area contributed by atoms with E-state index in [-0.39, 0.29) is 0 Å². The second-order valence-corrected chi connectivity index (χ2v) is 23.0. The molecule has 0 aliphatic rings. The molecule has 0 nitrogen and oxygen atoms in total. The van der Waals surface area contributed by atoms with E-state index in [1.807, 2.05) is 0 Å². The molecule has 4 aromatic rings. The molecular weight excluding hydrogens is 544 g/mol. The number of aryl methyl sites for hydroxylation is 4. The second kappa shape index (κ2) is 8.27.